The molecule has 0 saturated carbocycles. The maximum atomic E-state index is 12.8. The zero-order valence-electron chi connectivity index (χ0n) is 12.5. The van der Waals surface area contributed by atoms with Crippen LogP contribution in [-0.4, -0.2) is 59.6 Å². The number of aromatic nitrogens is 4. The van der Waals surface area contributed by atoms with Crippen LogP contribution in [0, 0.1) is 0 Å². The molecule has 0 unspecified atom stereocenters. The highest BCUT2D eigenvalue weighted by molar-refractivity contribution is 5.80. The van der Waals surface area contributed by atoms with Crippen molar-refractivity contribution in [2.75, 3.05) is 38.8 Å². The van der Waals surface area contributed by atoms with Gasteiger partial charge in [0.1, 0.15) is 5.82 Å². The molecule has 2 aromatic heterocycles. The summed E-state index contributed by atoms with van der Waals surface area (Å²) in [6.07, 6.45) is -4.67. The van der Waals surface area contributed by atoms with Gasteiger partial charge >= 0.3 is 6.18 Å². The second-order valence-electron chi connectivity index (χ2n) is 4.68. The molecule has 0 saturated heterocycles. The van der Waals surface area contributed by atoms with Gasteiger partial charge in [-0.3, -0.25) is 4.79 Å². The van der Waals surface area contributed by atoms with Crippen LogP contribution in [0.1, 0.15) is 5.82 Å². The highest BCUT2D eigenvalue weighted by Crippen LogP contribution is 2.27. The fraction of sp³-hybridized carbons (Fsp3) is 0.500. The number of anilines is 1. The van der Waals surface area contributed by atoms with Crippen molar-refractivity contribution in [2.24, 2.45) is 0 Å². The fourth-order valence-corrected chi connectivity index (χ4v) is 1.80. The van der Waals surface area contributed by atoms with Crippen LogP contribution in [0.15, 0.2) is 12.1 Å². The highest BCUT2D eigenvalue weighted by Gasteiger charge is 2.37. The lowest BCUT2D eigenvalue weighted by Gasteiger charge is -2.17. The van der Waals surface area contributed by atoms with Crippen LogP contribution >= 0.6 is 0 Å². The number of carbonyl (C=O) groups is 1. The predicted octanol–water partition coefficient (Wildman–Crippen LogP) is 0.342. The number of nitrogens with one attached hydrogen (secondary N) is 1. The molecule has 1 N–H and O–H groups in total. The number of methoxy groups -OCH3 is 1. The Morgan fingerprint density at radius 3 is 2.78 bits per heavy atom. The molecule has 1 amide bonds. The van der Waals surface area contributed by atoms with Crippen molar-refractivity contribution in [2.45, 2.75) is 6.18 Å². The number of fused-ring (bicyclic) bond motifs is 1. The average molecular weight is 332 g/mol. The van der Waals surface area contributed by atoms with Gasteiger partial charge in [-0.25, -0.2) is 0 Å². The third-order valence-electron chi connectivity index (χ3n) is 2.90. The minimum absolute atomic E-state index is 0.0287. The van der Waals surface area contributed by atoms with Crippen molar-refractivity contribution >= 4 is 17.4 Å². The summed E-state index contributed by atoms with van der Waals surface area (Å²) in [6, 6.07) is 2.82. The van der Waals surface area contributed by atoms with Gasteiger partial charge in [-0.05, 0) is 12.1 Å². The molecule has 126 valence electrons. The first kappa shape index (κ1) is 16.9. The standard InChI is InChI=1S/C12H15F3N6O2/c1-20(7-10(22)16-5-6-23-2)9-4-3-8-17-18-11(12(13,14)15)21(8)19-9/h3-4H,5-7H2,1-2H3,(H,16,22). The number of likely N-dealkylation sites (N-methyl/N-ethyl adjacent to an activating group) is 1. The van der Waals surface area contributed by atoms with E-state index in [1.54, 1.807) is 7.05 Å². The summed E-state index contributed by atoms with van der Waals surface area (Å²) in [5.74, 6) is -1.33. The smallest absolute Gasteiger partial charge is 0.383 e. The number of nitrogens with zero attached hydrogens (tertiary/aromatic N) is 5. The molecule has 0 atom stereocenters. The molecular weight excluding hydrogens is 317 g/mol. The quantitative estimate of drug-likeness (QED) is 0.768. The van der Waals surface area contributed by atoms with Crippen LogP contribution < -0.4 is 10.2 Å². The van der Waals surface area contributed by atoms with E-state index in [1.807, 2.05) is 0 Å². The molecule has 0 aromatic carbocycles. The third kappa shape index (κ3) is 4.06. The topological polar surface area (TPSA) is 84.6 Å². The van der Waals surface area contributed by atoms with Crippen LogP contribution in [0.2, 0.25) is 0 Å². The van der Waals surface area contributed by atoms with Gasteiger partial charge in [-0.1, -0.05) is 0 Å². The second kappa shape index (κ2) is 6.77. The maximum Gasteiger partial charge on any atom is 0.453 e. The van der Waals surface area contributed by atoms with Crippen molar-refractivity contribution in [3.63, 3.8) is 0 Å². The van der Waals surface area contributed by atoms with Gasteiger partial charge in [-0.15, -0.1) is 15.3 Å². The molecule has 0 aliphatic heterocycles. The van der Waals surface area contributed by atoms with Crippen LogP contribution in [0.5, 0.6) is 0 Å². The second-order valence-corrected chi connectivity index (χ2v) is 4.68. The Labute approximate surface area is 129 Å². The molecule has 0 aliphatic rings. The summed E-state index contributed by atoms with van der Waals surface area (Å²) in [5.41, 5.74) is -0.0287. The lowest BCUT2D eigenvalue weighted by molar-refractivity contribution is -0.146. The molecule has 0 fully saturated rings. The molecule has 0 aliphatic carbocycles. The lowest BCUT2D eigenvalue weighted by atomic mass is 10.4. The summed E-state index contributed by atoms with van der Waals surface area (Å²) >= 11 is 0. The average Bonchev–Trinajstić information content (AvgIpc) is 2.90. The van der Waals surface area contributed by atoms with Crippen molar-refractivity contribution in [1.29, 1.82) is 0 Å². The Hall–Kier alpha value is -2.43. The lowest BCUT2D eigenvalue weighted by Crippen LogP contribution is -2.37. The largest absolute Gasteiger partial charge is 0.453 e. The number of ether oxygens (including phenoxy) is 1. The third-order valence-corrected chi connectivity index (χ3v) is 2.90. The number of rotatable bonds is 6. The minimum atomic E-state index is -4.67. The Morgan fingerprint density at radius 2 is 2.13 bits per heavy atom. The molecule has 2 aromatic rings. The summed E-state index contributed by atoms with van der Waals surface area (Å²) < 4.78 is 43.8. The Bertz CT molecular complexity index is 687. The van der Waals surface area contributed by atoms with Gasteiger partial charge in [0.05, 0.1) is 13.2 Å². The Kier molecular flexibility index (Phi) is 4.98. The van der Waals surface area contributed by atoms with Crippen molar-refractivity contribution in [3.8, 4) is 0 Å². The molecule has 8 nitrogen and oxygen atoms in total. The van der Waals surface area contributed by atoms with E-state index in [2.05, 4.69) is 20.6 Å². The van der Waals surface area contributed by atoms with Crippen LogP contribution in [0.4, 0.5) is 19.0 Å². The van der Waals surface area contributed by atoms with Crippen molar-refractivity contribution in [3.05, 3.63) is 18.0 Å². The Morgan fingerprint density at radius 1 is 1.39 bits per heavy atom. The summed E-state index contributed by atoms with van der Waals surface area (Å²) in [4.78, 5) is 13.1. The van der Waals surface area contributed by atoms with E-state index < -0.39 is 12.0 Å². The van der Waals surface area contributed by atoms with E-state index in [0.29, 0.717) is 17.7 Å². The first-order valence-electron chi connectivity index (χ1n) is 6.59. The maximum absolute atomic E-state index is 12.8. The number of alkyl halides is 3. The molecule has 0 spiro atoms. The summed E-state index contributed by atoms with van der Waals surface area (Å²) in [6.45, 7) is 0.653. The van der Waals surface area contributed by atoms with E-state index >= 15 is 0 Å². The molecule has 0 bridgehead atoms. The summed E-state index contributed by atoms with van der Waals surface area (Å²) in [7, 11) is 3.05. The Balaban J connectivity index is 2.14. The fourth-order valence-electron chi connectivity index (χ4n) is 1.80. The number of carbonyl (C=O) groups excluding carboxylic acids is 1. The number of amides is 1. The molecule has 0 radical (unpaired) electrons. The molecule has 2 rings (SSSR count). The van der Waals surface area contributed by atoms with Gasteiger partial charge in [0, 0.05) is 20.7 Å². The zero-order chi connectivity index (χ0) is 17.0. The van der Waals surface area contributed by atoms with Crippen molar-refractivity contribution in [1.82, 2.24) is 25.1 Å². The van der Waals surface area contributed by atoms with E-state index in [4.69, 9.17) is 4.74 Å². The first-order chi connectivity index (χ1) is 10.8. The van der Waals surface area contributed by atoms with Gasteiger partial charge in [0.25, 0.3) is 5.82 Å². The van der Waals surface area contributed by atoms with Gasteiger partial charge in [-0.2, -0.15) is 17.7 Å². The molecule has 23 heavy (non-hydrogen) atoms. The van der Waals surface area contributed by atoms with E-state index in [1.165, 1.54) is 24.1 Å². The van der Waals surface area contributed by atoms with E-state index in [9.17, 15) is 18.0 Å². The van der Waals surface area contributed by atoms with Gasteiger partial charge in [0.15, 0.2) is 5.65 Å². The van der Waals surface area contributed by atoms with E-state index in [-0.39, 0.29) is 23.9 Å². The SMILES string of the molecule is COCCNC(=O)CN(C)c1ccc2nnc(C(F)(F)F)n2n1. The number of hydrogen-bond donors (Lipinski definition) is 1. The van der Waals surface area contributed by atoms with Gasteiger partial charge < -0.3 is 15.0 Å². The normalized spacial score (nSPS) is 11.7. The molecular formula is C12H15F3N6O2. The van der Waals surface area contributed by atoms with E-state index in [0.717, 1.165) is 0 Å². The summed E-state index contributed by atoms with van der Waals surface area (Å²) in [5, 5.41) is 13.0. The minimum Gasteiger partial charge on any atom is -0.383 e. The number of hydrogen-bond acceptors (Lipinski definition) is 6. The molecule has 2 heterocycles. The highest BCUT2D eigenvalue weighted by atomic mass is 19.4. The first-order valence-corrected chi connectivity index (χ1v) is 6.59. The predicted molar refractivity (Wildman–Crippen MR) is 73.9 cm³/mol. The molecule has 11 heteroatoms. The number of halogens is 3. The van der Waals surface area contributed by atoms with Crippen LogP contribution in [0.25, 0.3) is 5.65 Å². The van der Waals surface area contributed by atoms with Crippen molar-refractivity contribution < 1.29 is 22.7 Å². The van der Waals surface area contributed by atoms with Gasteiger partial charge in [0.2, 0.25) is 5.91 Å². The monoisotopic (exact) mass is 332 g/mol. The zero-order valence-corrected chi connectivity index (χ0v) is 12.5. The van der Waals surface area contributed by atoms with Crippen LogP contribution in [-0.2, 0) is 15.7 Å². The van der Waals surface area contributed by atoms with Crippen LogP contribution in [0.3, 0.4) is 0 Å².